The number of hydrogen-bond acceptors (Lipinski definition) is 3. The van der Waals surface area contributed by atoms with E-state index in [-0.39, 0.29) is 17.0 Å². The second-order valence-electron chi connectivity index (χ2n) is 5.05. The maximum atomic E-state index is 11.7. The monoisotopic (exact) mass is 214 g/mol. The van der Waals surface area contributed by atoms with Crippen LogP contribution in [0.15, 0.2) is 0 Å². The van der Waals surface area contributed by atoms with Crippen molar-refractivity contribution in [3.05, 3.63) is 0 Å². The fourth-order valence-electron chi connectivity index (χ4n) is 1.79. The van der Waals surface area contributed by atoms with Gasteiger partial charge in [0.05, 0.1) is 12.0 Å². The highest BCUT2D eigenvalue weighted by atomic mass is 16.5. The third-order valence-electron chi connectivity index (χ3n) is 3.17. The Balaban J connectivity index is 2.42. The number of nitrogens with one attached hydrogen (secondary N) is 1. The first-order valence-electron chi connectivity index (χ1n) is 5.49. The number of amides is 1. The van der Waals surface area contributed by atoms with Gasteiger partial charge in [-0.1, -0.05) is 0 Å². The van der Waals surface area contributed by atoms with Gasteiger partial charge in [-0.3, -0.25) is 4.79 Å². The highest BCUT2D eigenvalue weighted by molar-refractivity contribution is 5.78. The minimum Gasteiger partial charge on any atom is -0.378 e. The van der Waals surface area contributed by atoms with Crippen LogP contribution >= 0.6 is 0 Å². The van der Waals surface area contributed by atoms with Gasteiger partial charge in [-0.25, -0.2) is 0 Å². The zero-order chi connectivity index (χ0) is 11.5. The van der Waals surface area contributed by atoms with Gasteiger partial charge in [0, 0.05) is 19.2 Å². The molecule has 0 radical (unpaired) electrons. The predicted molar refractivity (Wildman–Crippen MR) is 59.5 cm³/mol. The summed E-state index contributed by atoms with van der Waals surface area (Å²) in [5.41, 5.74) is 5.03. The zero-order valence-electron chi connectivity index (χ0n) is 9.93. The van der Waals surface area contributed by atoms with Crippen LogP contribution in [-0.4, -0.2) is 30.7 Å². The van der Waals surface area contributed by atoms with Gasteiger partial charge < -0.3 is 15.8 Å². The molecule has 0 heterocycles. The number of rotatable bonds is 5. The van der Waals surface area contributed by atoms with E-state index in [9.17, 15) is 4.79 Å². The molecule has 1 rings (SSSR count). The first-order chi connectivity index (χ1) is 6.93. The van der Waals surface area contributed by atoms with Crippen LogP contribution in [0.25, 0.3) is 0 Å². The minimum atomic E-state index is -0.324. The molecule has 0 aromatic rings. The van der Waals surface area contributed by atoms with E-state index in [1.807, 2.05) is 13.8 Å². The molecule has 0 aromatic heterocycles. The normalized spacial score (nSPS) is 19.5. The lowest BCUT2D eigenvalue weighted by Crippen LogP contribution is -2.52. The van der Waals surface area contributed by atoms with Crippen LogP contribution in [0.1, 0.15) is 39.5 Å². The van der Waals surface area contributed by atoms with Gasteiger partial charge in [-0.2, -0.15) is 0 Å². The Bertz CT molecular complexity index is 229. The molecule has 0 spiro atoms. The summed E-state index contributed by atoms with van der Waals surface area (Å²) in [7, 11) is 1.68. The molecule has 0 aliphatic heterocycles. The lowest BCUT2D eigenvalue weighted by Gasteiger charge is -2.40. The highest BCUT2D eigenvalue weighted by Crippen LogP contribution is 2.37. The van der Waals surface area contributed by atoms with E-state index in [2.05, 4.69) is 5.32 Å². The molecular formula is C11H22N2O2. The van der Waals surface area contributed by atoms with Gasteiger partial charge in [0.25, 0.3) is 0 Å². The van der Waals surface area contributed by atoms with Crippen LogP contribution in [0.2, 0.25) is 0 Å². The molecule has 0 aromatic carbocycles. The molecule has 1 amide bonds. The van der Waals surface area contributed by atoms with Gasteiger partial charge >= 0.3 is 0 Å². The van der Waals surface area contributed by atoms with Gasteiger partial charge in [-0.05, 0) is 33.1 Å². The first-order valence-corrected chi connectivity index (χ1v) is 5.49. The summed E-state index contributed by atoms with van der Waals surface area (Å²) in [6.07, 6.45) is 3.58. The molecular weight excluding hydrogens is 192 g/mol. The molecule has 3 N–H and O–H groups in total. The number of carbonyl (C=O) groups excluding carboxylic acids is 1. The highest BCUT2D eigenvalue weighted by Gasteiger charge is 2.39. The first kappa shape index (κ1) is 12.5. The molecule has 4 heteroatoms. The van der Waals surface area contributed by atoms with Crippen LogP contribution in [0.3, 0.4) is 0 Å². The molecule has 1 aliphatic rings. The number of carbonyl (C=O) groups is 1. The van der Waals surface area contributed by atoms with E-state index in [0.717, 1.165) is 19.3 Å². The third-order valence-corrected chi connectivity index (χ3v) is 3.17. The lowest BCUT2D eigenvalue weighted by atomic mass is 9.77. The van der Waals surface area contributed by atoms with Gasteiger partial charge in [0.1, 0.15) is 0 Å². The Morgan fingerprint density at radius 2 is 2.13 bits per heavy atom. The van der Waals surface area contributed by atoms with Crippen molar-refractivity contribution < 1.29 is 9.53 Å². The van der Waals surface area contributed by atoms with Crippen molar-refractivity contribution in [3.63, 3.8) is 0 Å². The number of methoxy groups -OCH3 is 1. The number of nitrogens with two attached hydrogens (primary N) is 1. The fraction of sp³-hybridized carbons (Fsp3) is 0.909. The van der Waals surface area contributed by atoms with Crippen molar-refractivity contribution in [1.29, 1.82) is 0 Å². The maximum absolute atomic E-state index is 11.7. The summed E-state index contributed by atoms with van der Waals surface area (Å²) in [5, 5.41) is 2.92. The van der Waals surface area contributed by atoms with E-state index >= 15 is 0 Å². The van der Waals surface area contributed by atoms with Crippen molar-refractivity contribution in [1.82, 2.24) is 5.32 Å². The van der Waals surface area contributed by atoms with Crippen molar-refractivity contribution in [2.24, 2.45) is 5.73 Å². The van der Waals surface area contributed by atoms with Crippen LogP contribution < -0.4 is 11.1 Å². The largest absolute Gasteiger partial charge is 0.378 e. The topological polar surface area (TPSA) is 64.3 Å². The molecule has 0 bridgehead atoms. The summed E-state index contributed by atoms with van der Waals surface area (Å²) in [4.78, 5) is 11.7. The molecule has 15 heavy (non-hydrogen) atoms. The predicted octanol–water partition coefficient (Wildman–Crippen LogP) is 0.799. The SMILES string of the molecule is COC1(CC(=O)NC(C)(C)CN)CCC1. The average molecular weight is 214 g/mol. The lowest BCUT2D eigenvalue weighted by molar-refractivity contribution is -0.135. The Kier molecular flexibility index (Phi) is 3.73. The third kappa shape index (κ3) is 3.18. The Labute approximate surface area is 91.5 Å². The van der Waals surface area contributed by atoms with Gasteiger partial charge in [0.15, 0.2) is 0 Å². The molecule has 1 aliphatic carbocycles. The van der Waals surface area contributed by atoms with Crippen LogP contribution in [0.5, 0.6) is 0 Å². The second kappa shape index (κ2) is 4.49. The fourth-order valence-corrected chi connectivity index (χ4v) is 1.79. The Hall–Kier alpha value is -0.610. The zero-order valence-corrected chi connectivity index (χ0v) is 9.93. The summed E-state index contributed by atoms with van der Waals surface area (Å²) < 4.78 is 5.40. The van der Waals surface area contributed by atoms with E-state index < -0.39 is 0 Å². The molecule has 0 saturated heterocycles. The molecule has 1 saturated carbocycles. The van der Waals surface area contributed by atoms with Crippen molar-refractivity contribution in [2.45, 2.75) is 50.7 Å². The molecule has 4 nitrogen and oxygen atoms in total. The Morgan fingerprint density at radius 3 is 2.47 bits per heavy atom. The van der Waals surface area contributed by atoms with Crippen molar-refractivity contribution in [3.8, 4) is 0 Å². The van der Waals surface area contributed by atoms with Gasteiger partial charge in [-0.15, -0.1) is 0 Å². The second-order valence-corrected chi connectivity index (χ2v) is 5.05. The van der Waals surface area contributed by atoms with E-state index in [0.29, 0.717) is 13.0 Å². The summed E-state index contributed by atoms with van der Waals surface area (Å²) in [6, 6.07) is 0. The molecule has 0 unspecified atom stereocenters. The van der Waals surface area contributed by atoms with Crippen molar-refractivity contribution >= 4 is 5.91 Å². The quantitative estimate of drug-likeness (QED) is 0.711. The standard InChI is InChI=1S/C11H22N2O2/c1-10(2,8-12)13-9(14)7-11(15-3)5-4-6-11/h4-8,12H2,1-3H3,(H,13,14). The summed E-state index contributed by atoms with van der Waals surface area (Å²) in [6.45, 7) is 4.29. The molecule has 1 fully saturated rings. The number of ether oxygens (including phenoxy) is 1. The molecule has 88 valence electrons. The van der Waals surface area contributed by atoms with E-state index in [1.165, 1.54) is 0 Å². The smallest absolute Gasteiger partial charge is 0.223 e. The van der Waals surface area contributed by atoms with Crippen LogP contribution in [-0.2, 0) is 9.53 Å². The van der Waals surface area contributed by atoms with Crippen molar-refractivity contribution in [2.75, 3.05) is 13.7 Å². The van der Waals surface area contributed by atoms with Crippen LogP contribution in [0, 0.1) is 0 Å². The maximum Gasteiger partial charge on any atom is 0.223 e. The van der Waals surface area contributed by atoms with Crippen LogP contribution in [0.4, 0.5) is 0 Å². The average Bonchev–Trinajstić information content (AvgIpc) is 2.11. The van der Waals surface area contributed by atoms with E-state index in [4.69, 9.17) is 10.5 Å². The minimum absolute atomic E-state index is 0.0343. The Morgan fingerprint density at radius 1 is 1.53 bits per heavy atom. The van der Waals surface area contributed by atoms with E-state index in [1.54, 1.807) is 7.11 Å². The molecule has 0 atom stereocenters. The summed E-state index contributed by atoms with van der Waals surface area (Å²) in [5.74, 6) is 0.0343. The van der Waals surface area contributed by atoms with Gasteiger partial charge in [0.2, 0.25) is 5.91 Å². The number of hydrogen-bond donors (Lipinski definition) is 2. The summed E-state index contributed by atoms with van der Waals surface area (Å²) >= 11 is 0.